The number of phenols is 1. The van der Waals surface area contributed by atoms with Gasteiger partial charge in [0.15, 0.2) is 0 Å². The van der Waals surface area contributed by atoms with Crippen LogP contribution in [0.1, 0.15) is 0 Å². The molecule has 1 aromatic heterocycles. The lowest BCUT2D eigenvalue weighted by Gasteiger charge is -2.01. The van der Waals surface area contributed by atoms with Crippen LogP contribution in [0.25, 0.3) is 17.1 Å². The molecule has 0 amide bonds. The summed E-state index contributed by atoms with van der Waals surface area (Å²) < 4.78 is 0. The van der Waals surface area contributed by atoms with Crippen LogP contribution < -0.4 is 5.46 Å². The molecule has 2 aromatic carbocycles. The summed E-state index contributed by atoms with van der Waals surface area (Å²) in [7, 11) is -1.50. The molecule has 21 heavy (non-hydrogen) atoms. The van der Waals surface area contributed by atoms with E-state index in [4.69, 9.17) is 10.0 Å². The summed E-state index contributed by atoms with van der Waals surface area (Å²) in [6.07, 6.45) is 0. The summed E-state index contributed by atoms with van der Waals surface area (Å²) in [5, 5.41) is 39.5. The van der Waals surface area contributed by atoms with Gasteiger partial charge in [-0.25, -0.2) is 0 Å². The lowest BCUT2D eigenvalue weighted by molar-refractivity contribution is 0.426. The second kappa shape index (κ2) is 5.35. The Morgan fingerprint density at radius 1 is 0.905 bits per heavy atom. The molecule has 3 rings (SSSR count). The van der Waals surface area contributed by atoms with Crippen molar-refractivity contribution < 1.29 is 15.2 Å². The molecule has 0 aliphatic rings. The van der Waals surface area contributed by atoms with E-state index in [1.54, 1.807) is 48.5 Å². The first-order valence-electron chi connectivity index (χ1n) is 6.19. The number of nitrogens with zero attached hydrogens (tertiary/aromatic N) is 4. The van der Waals surface area contributed by atoms with Gasteiger partial charge in [0.1, 0.15) is 5.75 Å². The molecule has 0 fully saturated rings. The van der Waals surface area contributed by atoms with E-state index in [9.17, 15) is 5.11 Å². The first kappa shape index (κ1) is 13.3. The quantitative estimate of drug-likeness (QED) is 0.570. The van der Waals surface area contributed by atoms with Gasteiger partial charge in [0, 0.05) is 5.56 Å². The zero-order chi connectivity index (χ0) is 14.8. The van der Waals surface area contributed by atoms with Gasteiger partial charge in [-0.05, 0) is 47.1 Å². The topological polar surface area (TPSA) is 104 Å². The van der Waals surface area contributed by atoms with Crippen molar-refractivity contribution >= 4 is 12.6 Å². The number of aromatic nitrogens is 4. The van der Waals surface area contributed by atoms with Gasteiger partial charge in [-0.1, -0.05) is 12.1 Å². The molecule has 8 heteroatoms. The van der Waals surface area contributed by atoms with E-state index >= 15 is 0 Å². The zero-order valence-electron chi connectivity index (χ0n) is 10.8. The highest BCUT2D eigenvalue weighted by molar-refractivity contribution is 6.58. The van der Waals surface area contributed by atoms with Gasteiger partial charge in [0.25, 0.3) is 0 Å². The zero-order valence-corrected chi connectivity index (χ0v) is 10.8. The maximum atomic E-state index is 9.26. The molecular weight excluding hydrogens is 271 g/mol. The summed E-state index contributed by atoms with van der Waals surface area (Å²) in [4.78, 5) is 1.34. The molecule has 0 atom stereocenters. The van der Waals surface area contributed by atoms with E-state index in [0.717, 1.165) is 5.56 Å². The van der Waals surface area contributed by atoms with E-state index in [1.165, 1.54) is 4.80 Å². The number of hydrogen-bond donors (Lipinski definition) is 3. The van der Waals surface area contributed by atoms with Crippen LogP contribution in [-0.4, -0.2) is 42.5 Å². The molecule has 0 saturated carbocycles. The van der Waals surface area contributed by atoms with Crippen molar-refractivity contribution in [3.8, 4) is 22.8 Å². The lowest BCUT2D eigenvalue weighted by atomic mass is 9.80. The number of rotatable bonds is 3. The van der Waals surface area contributed by atoms with Gasteiger partial charge in [-0.15, -0.1) is 15.0 Å². The van der Waals surface area contributed by atoms with Crippen LogP contribution in [0.4, 0.5) is 0 Å². The van der Waals surface area contributed by atoms with Crippen LogP contribution in [0, 0.1) is 0 Å². The lowest BCUT2D eigenvalue weighted by Crippen LogP contribution is -2.29. The van der Waals surface area contributed by atoms with E-state index in [-0.39, 0.29) is 5.75 Å². The Morgan fingerprint density at radius 2 is 1.57 bits per heavy atom. The van der Waals surface area contributed by atoms with Crippen LogP contribution in [-0.2, 0) is 0 Å². The minimum absolute atomic E-state index is 0.171. The molecular formula is C13H11BN4O3. The molecule has 104 valence electrons. The highest BCUT2D eigenvalue weighted by Crippen LogP contribution is 2.17. The van der Waals surface area contributed by atoms with E-state index in [1.807, 2.05) is 0 Å². The summed E-state index contributed by atoms with van der Waals surface area (Å²) in [6, 6.07) is 13.0. The number of benzene rings is 2. The van der Waals surface area contributed by atoms with Crippen molar-refractivity contribution in [2.75, 3.05) is 0 Å². The third-order valence-electron chi connectivity index (χ3n) is 2.96. The van der Waals surface area contributed by atoms with E-state index in [2.05, 4.69) is 15.4 Å². The van der Waals surface area contributed by atoms with Crippen molar-refractivity contribution in [2.24, 2.45) is 0 Å². The van der Waals surface area contributed by atoms with Gasteiger partial charge < -0.3 is 15.2 Å². The smallest absolute Gasteiger partial charge is 0.488 e. The van der Waals surface area contributed by atoms with Crippen LogP contribution in [0.2, 0.25) is 0 Å². The van der Waals surface area contributed by atoms with Crippen LogP contribution in [0.3, 0.4) is 0 Å². The van der Waals surface area contributed by atoms with Crippen LogP contribution >= 0.6 is 0 Å². The fourth-order valence-corrected chi connectivity index (χ4v) is 1.83. The highest BCUT2D eigenvalue weighted by Gasteiger charge is 2.11. The maximum Gasteiger partial charge on any atom is 0.488 e. The van der Waals surface area contributed by atoms with Gasteiger partial charge in [-0.3, -0.25) is 0 Å². The molecule has 0 spiro atoms. The predicted molar refractivity (Wildman–Crippen MR) is 76.1 cm³/mol. The minimum Gasteiger partial charge on any atom is -0.508 e. The van der Waals surface area contributed by atoms with Crippen molar-refractivity contribution in [1.29, 1.82) is 0 Å². The van der Waals surface area contributed by atoms with Crippen molar-refractivity contribution in [1.82, 2.24) is 20.2 Å². The molecule has 7 nitrogen and oxygen atoms in total. The third kappa shape index (κ3) is 2.76. The van der Waals surface area contributed by atoms with E-state index in [0.29, 0.717) is 17.0 Å². The van der Waals surface area contributed by atoms with Gasteiger partial charge in [0.2, 0.25) is 5.82 Å². The normalized spacial score (nSPS) is 10.6. The van der Waals surface area contributed by atoms with Crippen molar-refractivity contribution in [2.45, 2.75) is 0 Å². The third-order valence-corrected chi connectivity index (χ3v) is 2.96. The fourth-order valence-electron chi connectivity index (χ4n) is 1.83. The second-order valence-electron chi connectivity index (χ2n) is 4.41. The molecule has 3 aromatic rings. The van der Waals surface area contributed by atoms with Crippen molar-refractivity contribution in [3.63, 3.8) is 0 Å². The Bertz CT molecular complexity index is 741. The molecule has 0 unspecified atom stereocenters. The Balaban J connectivity index is 1.89. The average molecular weight is 282 g/mol. The number of phenolic OH excluding ortho intramolecular Hbond substituents is 1. The molecule has 0 aliphatic carbocycles. The van der Waals surface area contributed by atoms with Gasteiger partial charge >= 0.3 is 7.12 Å². The Morgan fingerprint density at radius 3 is 2.19 bits per heavy atom. The summed E-state index contributed by atoms with van der Waals surface area (Å²) in [5.74, 6) is 0.602. The van der Waals surface area contributed by atoms with Crippen LogP contribution in [0.5, 0.6) is 5.75 Å². The molecule has 0 radical (unpaired) electrons. The maximum absolute atomic E-state index is 9.26. The summed E-state index contributed by atoms with van der Waals surface area (Å²) >= 11 is 0. The van der Waals surface area contributed by atoms with Crippen molar-refractivity contribution in [3.05, 3.63) is 48.5 Å². The molecule has 1 heterocycles. The minimum atomic E-state index is -1.50. The predicted octanol–water partition coefficient (Wildman–Crippen LogP) is -0.285. The standard InChI is InChI=1S/C13H11BN4O3/c19-12-7-1-9(2-8-12)13-15-17-18(16-13)11-5-3-10(4-6-11)14(20)21/h1-8,19-21H. The monoisotopic (exact) mass is 282 g/mol. The van der Waals surface area contributed by atoms with Gasteiger partial charge in [0.05, 0.1) is 5.69 Å². The average Bonchev–Trinajstić information content (AvgIpc) is 2.98. The van der Waals surface area contributed by atoms with Gasteiger partial charge in [-0.2, -0.15) is 0 Å². The number of hydrogen-bond acceptors (Lipinski definition) is 6. The molecule has 0 bridgehead atoms. The largest absolute Gasteiger partial charge is 0.508 e. The first-order chi connectivity index (χ1) is 10.1. The first-order valence-corrected chi connectivity index (χ1v) is 6.19. The second-order valence-corrected chi connectivity index (χ2v) is 4.41. The number of aromatic hydroxyl groups is 1. The SMILES string of the molecule is OB(O)c1ccc(-n2nnc(-c3ccc(O)cc3)n2)cc1. The van der Waals surface area contributed by atoms with E-state index < -0.39 is 7.12 Å². The van der Waals surface area contributed by atoms with Crippen LogP contribution in [0.15, 0.2) is 48.5 Å². The molecule has 0 saturated heterocycles. The summed E-state index contributed by atoms with van der Waals surface area (Å²) in [5.41, 5.74) is 1.77. The molecule has 3 N–H and O–H groups in total. The molecule has 0 aliphatic heterocycles. The Kier molecular flexibility index (Phi) is 3.39. The summed E-state index contributed by atoms with van der Waals surface area (Å²) in [6.45, 7) is 0. The number of tetrazole rings is 1. The highest BCUT2D eigenvalue weighted by atomic mass is 16.4. The fraction of sp³-hybridized carbons (Fsp3) is 0. The Labute approximate surface area is 120 Å². The Hall–Kier alpha value is -2.71.